The summed E-state index contributed by atoms with van der Waals surface area (Å²) in [7, 11) is 0. The van der Waals surface area contributed by atoms with Crippen molar-refractivity contribution in [1.82, 2.24) is 0 Å². The average Bonchev–Trinajstić information content (AvgIpc) is 0.717. The number of rotatable bonds is 32. The zero-order chi connectivity index (χ0) is 144. The number of carbonyl (C=O) groups is 10. The van der Waals surface area contributed by atoms with Gasteiger partial charge in [0.1, 0.15) is 61.0 Å². The zero-order valence-electron chi connectivity index (χ0n) is 130. The van der Waals surface area contributed by atoms with Crippen molar-refractivity contribution >= 4 is 59.7 Å². The van der Waals surface area contributed by atoms with Crippen LogP contribution >= 0.6 is 0 Å². The number of aliphatic hydroxyl groups is 5. The molecular formula is C120H180O25. The Morgan fingerprint density at radius 1 is 0.352 bits per heavy atom. The summed E-state index contributed by atoms with van der Waals surface area (Å²) in [5.74, 6) is -28.6. The second kappa shape index (κ2) is 55.1. The standard InChI is InChI=1S/5C24H36O5/c5*1-5-15(3)24(27)29-21-11-14(2)10-17-7-6-16(4)20(23(17)21)9-8-19-12-18(25)13-22(26)28-19/h5*6-7,10,14-16,18-21,23,25H,5,8-9,11-13H2,1-4H3/t5*14-,15-,16-,18+,19?,20-,21-,23-/m00000/s1/i1D3,2D3,3D3,5D2,13D2,15D;1D3,2D3,5D2,13D2,15D;2D3,3D3,13D2,15D;2D3,3D3,25D;2D3,25D. The van der Waals surface area contributed by atoms with E-state index in [4.69, 9.17) is 109 Å². The quantitative estimate of drug-likeness (QED) is 0.0308. The zero-order valence-corrected chi connectivity index (χ0v) is 84.5. The van der Waals surface area contributed by atoms with Gasteiger partial charge in [0.15, 0.2) is 0 Å². The Balaban J connectivity index is 0.000000220. The molecule has 5 saturated heterocycles. The first kappa shape index (κ1) is 68.7. The molecule has 5 aliphatic heterocycles. The van der Waals surface area contributed by atoms with Gasteiger partial charge in [0.2, 0.25) is 2.86 Å². The molecule has 10 aliphatic carbocycles. The summed E-state index contributed by atoms with van der Waals surface area (Å²) in [5.41, 5.74) is 3.36. The number of fused-ring (bicyclic) bond motifs is 5. The van der Waals surface area contributed by atoms with E-state index in [9.17, 15) is 63.3 Å². The minimum Gasteiger partial charge on any atom is -0.462 e. The number of hydrogen-bond acceptors (Lipinski definition) is 25. The highest BCUT2D eigenvalue weighted by Gasteiger charge is 2.50. The summed E-state index contributed by atoms with van der Waals surface area (Å²) in [5, 5.41) is 39.6. The second-order valence-corrected chi connectivity index (χ2v) is 41.7. The van der Waals surface area contributed by atoms with Crippen LogP contribution in [0.2, 0.25) is 0 Å². The first-order chi connectivity index (χ1) is 86.9. The average molecular weight is 2070 g/mol. The molecule has 0 saturated carbocycles. The van der Waals surface area contributed by atoms with Crippen molar-refractivity contribution < 1.29 is 180 Å². The van der Waals surface area contributed by atoms with Gasteiger partial charge in [-0.2, -0.15) is 0 Å². The Kier molecular flexibility index (Phi) is 26.1. The Hall–Kier alpha value is -8.10. The molecule has 145 heavy (non-hydrogen) atoms. The van der Waals surface area contributed by atoms with Gasteiger partial charge in [0.05, 0.1) is 92.0 Å². The van der Waals surface area contributed by atoms with Crippen LogP contribution in [0.1, 0.15) is 389 Å². The lowest BCUT2D eigenvalue weighted by Crippen LogP contribution is -2.42. The van der Waals surface area contributed by atoms with Crippen LogP contribution in [0.4, 0.5) is 0 Å². The Bertz CT molecular complexity index is 6570. The lowest BCUT2D eigenvalue weighted by Gasteiger charge is -2.43. The minimum atomic E-state index is -3.89. The SMILES string of the molecule is [2H]C([2H])([2H])[C@H]1C=C2C=C[C@H](C)[C@H](CCC3C[C@@H](O)C([2H])([2H])C(=O)O3)[C@H]2[C@@H](OC(=O)[C@@]([2H])(C([2H])([2H])[2H])C([2H])([2H])C([2H])([2H])[2H])C1.[2H]C([2H])([2H])[C@H]1C=C2C=C[C@H](C)[C@H](CCC3C[C@@H](O)C([2H])([2H])C(=O)O3)[C@H]2[C@@H](OC(=O)[C@@]([2H])(C)C([2H])([2H])C([2H])([2H])[2H])C1.[2H]C([2H])([2H])[C@H]1C=C2C=C[C@H](C)[C@H](CCC3C[C@@H](O)C([2H])([2H])C(=O)O3)[C@H]2[C@@H](OC(=O)[C@]([2H])(CC)C([2H])([2H])[2H])C1.[2H]O[C@H]1CC(=O)OC(CC[C@@H]2[C@@H]3C(=C[C@H](C([2H])([2H])[2H])C[C@@H]3OC(=O)[C@@H](C)CC)C=C[C@@H]2C)C1.[2H]O[C@H]1CC(=O)OC(CC[C@@H]2[C@@H]3C(=C[C@H](C([2H])([2H])[2H])C[C@@H]3OC(=O)[C@H](CC)C([2H])([2H])[2H])C=C[C@@H]2C)C1. The van der Waals surface area contributed by atoms with E-state index in [-0.39, 0.29) is 185 Å². The van der Waals surface area contributed by atoms with E-state index >= 15 is 0 Å². The molecule has 15 aliphatic rings. The largest absolute Gasteiger partial charge is 0.462 e. The Labute approximate surface area is 928 Å². The van der Waals surface area contributed by atoms with Gasteiger partial charge in [-0.15, -0.1) is 0 Å². The summed E-state index contributed by atoms with van der Waals surface area (Å²) < 4.78 is 406. The van der Waals surface area contributed by atoms with E-state index in [1.807, 2.05) is 78.0 Å². The lowest BCUT2D eigenvalue weighted by molar-refractivity contribution is -0.162. The van der Waals surface area contributed by atoms with Gasteiger partial charge < -0.3 is 72.9 Å². The molecular weight excluding hydrogens is 1840 g/mol. The third-order valence-electron chi connectivity index (χ3n) is 31.1. The predicted molar refractivity (Wildman–Crippen MR) is 554 cm³/mol. The predicted octanol–water partition coefficient (Wildman–Crippen LogP) is 21.0. The number of allylic oxidation sites excluding steroid dienone is 15. The second-order valence-electron chi connectivity index (χ2n) is 41.7. The number of carbonyl (C=O) groups excluding carboxylic acids is 10. The maximum Gasteiger partial charge on any atom is 0.308 e. The van der Waals surface area contributed by atoms with E-state index in [0.29, 0.717) is 74.5 Å². The van der Waals surface area contributed by atoms with E-state index < -0.39 is 310 Å². The highest BCUT2D eigenvalue weighted by atomic mass is 16.6. The first-order valence-electron chi connectivity index (χ1n) is 74.0. The maximum absolute atomic E-state index is 13.5. The monoisotopic (exact) mass is 2070 g/mol. The van der Waals surface area contributed by atoms with Gasteiger partial charge in [-0.1, -0.05) is 229 Å². The molecule has 5 heterocycles. The molecule has 25 heteroatoms. The molecule has 0 radical (unpaired) electrons. The van der Waals surface area contributed by atoms with Gasteiger partial charge in [0.25, 0.3) is 0 Å². The molecule has 40 atom stereocenters. The lowest BCUT2D eigenvalue weighted by atomic mass is 9.65. The number of ether oxygens (including phenoxy) is 10. The third-order valence-corrected chi connectivity index (χ3v) is 31.1. The van der Waals surface area contributed by atoms with E-state index in [2.05, 4.69) is 23.2 Å². The molecule has 0 aromatic carbocycles. The molecule has 0 amide bonds. The van der Waals surface area contributed by atoms with Crippen LogP contribution in [0.15, 0.2) is 119 Å². The van der Waals surface area contributed by atoms with Crippen LogP contribution in [-0.2, 0) is 95.3 Å². The van der Waals surface area contributed by atoms with Crippen LogP contribution in [0.25, 0.3) is 0 Å². The maximum atomic E-state index is 13.5. The van der Waals surface area contributed by atoms with Gasteiger partial charge in [0, 0.05) is 121 Å². The van der Waals surface area contributed by atoms with Crippen molar-refractivity contribution in [2.24, 2.45) is 148 Å². The topological polar surface area (TPSA) is 364 Å². The molecule has 0 aromatic heterocycles. The van der Waals surface area contributed by atoms with Crippen LogP contribution in [0.5, 0.6) is 0 Å². The number of esters is 10. The summed E-state index contributed by atoms with van der Waals surface area (Å²) in [6.45, 7) is -10.7. The number of hydrogen-bond donors (Lipinski definition) is 5. The van der Waals surface area contributed by atoms with Crippen molar-refractivity contribution in [2.75, 3.05) is 0 Å². The summed E-state index contributed by atoms with van der Waals surface area (Å²) in [4.78, 5) is 125. The van der Waals surface area contributed by atoms with Crippen molar-refractivity contribution in [3.05, 3.63) is 119 Å². The number of aliphatic hydroxyl groups excluding tert-OH is 5. The highest BCUT2D eigenvalue weighted by molar-refractivity contribution is 5.76. The molecule has 810 valence electrons. The van der Waals surface area contributed by atoms with Crippen molar-refractivity contribution in [3.8, 4) is 0 Å². The van der Waals surface area contributed by atoms with Crippen LogP contribution in [0, 0.1) is 148 Å². The summed E-state index contributed by atoms with van der Waals surface area (Å²) in [6, 6.07) is 0. The Morgan fingerprint density at radius 2 is 0.607 bits per heavy atom. The normalized spacial score (nSPS) is 45.2. The molecule has 5 fully saturated rings. The van der Waals surface area contributed by atoms with Gasteiger partial charge >= 0.3 is 59.7 Å². The number of cyclic esters (lactones) is 5. The molecule has 0 aromatic rings. The van der Waals surface area contributed by atoms with E-state index in [1.165, 1.54) is 13.0 Å². The van der Waals surface area contributed by atoms with Crippen LogP contribution in [-0.4, -0.2) is 180 Å². The molecule has 15 rings (SSSR count). The van der Waals surface area contributed by atoms with Gasteiger partial charge in [-0.05, 0) is 245 Å². The summed E-state index contributed by atoms with van der Waals surface area (Å²) in [6.07, 6.45) is 4.06. The van der Waals surface area contributed by atoms with Crippen molar-refractivity contribution in [1.29, 1.82) is 2.86 Å². The van der Waals surface area contributed by atoms with Crippen molar-refractivity contribution in [2.45, 2.75) is 422 Å². The van der Waals surface area contributed by atoms with Crippen LogP contribution in [0.3, 0.4) is 0 Å². The Morgan fingerprint density at radius 3 is 0.855 bits per heavy atom. The fourth-order valence-electron chi connectivity index (χ4n) is 23.2. The molecule has 5 unspecified atom stereocenters. The van der Waals surface area contributed by atoms with Gasteiger partial charge in [-0.25, -0.2) is 0 Å². The minimum absolute atomic E-state index is 0.0413. The summed E-state index contributed by atoms with van der Waals surface area (Å²) >= 11 is 0. The van der Waals surface area contributed by atoms with Crippen molar-refractivity contribution in [3.63, 3.8) is 0 Å². The third kappa shape index (κ3) is 33.0. The highest BCUT2D eigenvalue weighted by Crippen LogP contribution is 2.53. The fourth-order valence-corrected chi connectivity index (χ4v) is 23.2. The van der Waals surface area contributed by atoms with Gasteiger partial charge in [-0.3, -0.25) is 47.9 Å². The molecule has 0 bridgehead atoms. The van der Waals surface area contributed by atoms with E-state index in [0.717, 1.165) is 24.5 Å². The first-order valence-corrected chi connectivity index (χ1v) is 51.7. The molecule has 25 nitrogen and oxygen atoms in total. The fraction of sp³-hybridized carbons (Fsp3) is 0.750. The van der Waals surface area contributed by atoms with E-state index in [1.54, 1.807) is 49.5 Å². The van der Waals surface area contributed by atoms with Crippen LogP contribution < -0.4 is 0 Å². The smallest absolute Gasteiger partial charge is 0.308 e. The molecule has 0 spiro atoms. The molecule has 5 N–H and O–H groups in total.